The number of nitrogens with zero attached hydrogens (tertiary/aromatic N) is 2. The molecule has 4 rings (SSSR count). The van der Waals surface area contributed by atoms with E-state index in [2.05, 4.69) is 14.9 Å². The molecule has 0 spiro atoms. The smallest absolute Gasteiger partial charge is 0.285 e. The number of benzene rings is 2. The summed E-state index contributed by atoms with van der Waals surface area (Å²) in [6, 6.07) is 16.2. The van der Waals surface area contributed by atoms with E-state index in [0.717, 1.165) is 11.0 Å². The number of rotatable bonds is 2. The van der Waals surface area contributed by atoms with Crippen LogP contribution in [0.25, 0.3) is 11.0 Å². The molecule has 0 saturated heterocycles. The van der Waals surface area contributed by atoms with Crippen molar-refractivity contribution in [3.05, 3.63) is 65.9 Å². The molecule has 1 aliphatic heterocycles. The highest BCUT2D eigenvalue weighted by atomic mass is 32.2. The standard InChI is InChI=1S/C17H13N3O3S/c1-11(15-10-12-6-2-4-8-14(12)23-15)18-19-17-13-7-3-5-9-16(13)24(21,22)20-17/h2-10H,1H3,(H,19,20)/b18-11+. The van der Waals surface area contributed by atoms with Gasteiger partial charge < -0.3 is 4.42 Å². The van der Waals surface area contributed by atoms with E-state index in [0.29, 0.717) is 17.0 Å². The van der Waals surface area contributed by atoms with E-state index in [1.54, 1.807) is 25.1 Å². The second kappa shape index (κ2) is 5.31. The van der Waals surface area contributed by atoms with Gasteiger partial charge >= 0.3 is 0 Å². The number of hydrazone groups is 1. The number of amidine groups is 1. The zero-order valence-electron chi connectivity index (χ0n) is 12.7. The van der Waals surface area contributed by atoms with E-state index in [1.807, 2.05) is 30.3 Å². The van der Waals surface area contributed by atoms with Gasteiger partial charge in [0.15, 0.2) is 11.6 Å². The maximum atomic E-state index is 12.0. The van der Waals surface area contributed by atoms with Gasteiger partial charge in [0.25, 0.3) is 10.0 Å². The van der Waals surface area contributed by atoms with Crippen LogP contribution in [0, 0.1) is 0 Å². The predicted molar refractivity (Wildman–Crippen MR) is 91.7 cm³/mol. The zero-order chi connectivity index (χ0) is 16.7. The third-order valence-corrected chi connectivity index (χ3v) is 5.08. The average Bonchev–Trinajstić information content (AvgIpc) is 3.12. The Morgan fingerprint density at radius 2 is 1.88 bits per heavy atom. The lowest BCUT2D eigenvalue weighted by atomic mass is 10.2. The first-order valence-electron chi connectivity index (χ1n) is 7.28. The maximum absolute atomic E-state index is 12.0. The van der Waals surface area contributed by atoms with E-state index >= 15 is 0 Å². The Bertz CT molecular complexity index is 1080. The normalized spacial score (nSPS) is 16.0. The maximum Gasteiger partial charge on any atom is 0.285 e. The van der Waals surface area contributed by atoms with Crippen molar-refractivity contribution in [3.63, 3.8) is 0 Å². The molecule has 0 aliphatic carbocycles. The Morgan fingerprint density at radius 3 is 2.71 bits per heavy atom. The molecule has 1 N–H and O–H groups in total. The summed E-state index contributed by atoms with van der Waals surface area (Å²) in [6.07, 6.45) is 0. The van der Waals surface area contributed by atoms with E-state index in [9.17, 15) is 8.42 Å². The summed E-state index contributed by atoms with van der Waals surface area (Å²) in [6.45, 7) is 1.78. The molecule has 24 heavy (non-hydrogen) atoms. The number of nitrogens with one attached hydrogen (secondary N) is 1. The van der Waals surface area contributed by atoms with Crippen molar-refractivity contribution in [2.24, 2.45) is 9.50 Å². The molecule has 0 bridgehead atoms. The monoisotopic (exact) mass is 339 g/mol. The van der Waals surface area contributed by atoms with Gasteiger partial charge in [-0.2, -0.15) is 13.5 Å². The SMILES string of the molecule is C/C(=N\NC1=NS(=O)(=O)c2ccccc21)c1cc2ccccc2o1. The zero-order valence-corrected chi connectivity index (χ0v) is 13.5. The second-order valence-corrected chi connectivity index (χ2v) is 6.94. The minimum Gasteiger partial charge on any atom is -0.455 e. The van der Waals surface area contributed by atoms with Crippen LogP contribution in [0.2, 0.25) is 0 Å². The number of para-hydroxylation sites is 1. The topological polar surface area (TPSA) is 84.0 Å². The van der Waals surface area contributed by atoms with Gasteiger partial charge in [-0.15, -0.1) is 4.40 Å². The Labute approximate surface area is 138 Å². The average molecular weight is 339 g/mol. The van der Waals surface area contributed by atoms with Crippen molar-refractivity contribution in [1.82, 2.24) is 5.43 Å². The van der Waals surface area contributed by atoms with Crippen molar-refractivity contribution in [1.29, 1.82) is 0 Å². The van der Waals surface area contributed by atoms with Gasteiger partial charge in [-0.25, -0.2) is 0 Å². The largest absolute Gasteiger partial charge is 0.455 e. The molecule has 0 saturated carbocycles. The quantitative estimate of drug-likeness (QED) is 0.575. The molecule has 7 heteroatoms. The van der Waals surface area contributed by atoms with Crippen molar-refractivity contribution >= 4 is 32.5 Å². The highest BCUT2D eigenvalue weighted by molar-refractivity contribution is 7.90. The van der Waals surface area contributed by atoms with Crippen LogP contribution in [0.5, 0.6) is 0 Å². The first-order valence-corrected chi connectivity index (χ1v) is 8.72. The van der Waals surface area contributed by atoms with E-state index in [1.165, 1.54) is 6.07 Å². The molecule has 0 radical (unpaired) electrons. The first-order chi connectivity index (χ1) is 11.5. The number of fused-ring (bicyclic) bond motifs is 2. The lowest BCUT2D eigenvalue weighted by Gasteiger charge is -2.01. The van der Waals surface area contributed by atoms with E-state index < -0.39 is 10.0 Å². The fourth-order valence-electron chi connectivity index (χ4n) is 2.54. The van der Waals surface area contributed by atoms with Gasteiger partial charge in [-0.05, 0) is 31.2 Å². The highest BCUT2D eigenvalue weighted by Crippen LogP contribution is 2.25. The summed E-state index contributed by atoms with van der Waals surface area (Å²) < 4.78 is 33.5. The van der Waals surface area contributed by atoms with Crippen molar-refractivity contribution in [2.45, 2.75) is 11.8 Å². The number of hydrogen-bond donors (Lipinski definition) is 1. The minimum atomic E-state index is -3.66. The molecule has 0 amide bonds. The summed E-state index contributed by atoms with van der Waals surface area (Å²) in [5, 5.41) is 5.19. The first kappa shape index (κ1) is 14.6. The molecule has 0 fully saturated rings. The fraction of sp³-hybridized carbons (Fsp3) is 0.0588. The third kappa shape index (κ3) is 2.39. The highest BCUT2D eigenvalue weighted by Gasteiger charge is 2.28. The Kier molecular flexibility index (Phi) is 3.24. The van der Waals surface area contributed by atoms with Crippen LogP contribution < -0.4 is 5.43 Å². The van der Waals surface area contributed by atoms with Gasteiger partial charge in [0.1, 0.15) is 16.2 Å². The minimum absolute atomic E-state index is 0.184. The molecule has 1 aliphatic rings. The van der Waals surface area contributed by atoms with Gasteiger partial charge in [-0.1, -0.05) is 30.3 Å². The lowest BCUT2D eigenvalue weighted by molar-refractivity contribution is 0.599. The van der Waals surface area contributed by atoms with E-state index in [4.69, 9.17) is 4.42 Å². The Morgan fingerprint density at radius 1 is 1.12 bits per heavy atom. The van der Waals surface area contributed by atoms with Gasteiger partial charge in [0, 0.05) is 10.9 Å². The molecule has 1 aromatic heterocycles. The molecule has 120 valence electrons. The molecular formula is C17H13N3O3S. The Balaban J connectivity index is 1.65. The van der Waals surface area contributed by atoms with Crippen molar-refractivity contribution in [3.8, 4) is 0 Å². The van der Waals surface area contributed by atoms with Crippen LogP contribution in [0.1, 0.15) is 18.2 Å². The molecule has 0 unspecified atom stereocenters. The molecule has 3 aromatic rings. The van der Waals surface area contributed by atoms with Crippen LogP contribution in [-0.2, 0) is 10.0 Å². The summed E-state index contributed by atoms with van der Waals surface area (Å²) in [5.74, 6) is 0.819. The summed E-state index contributed by atoms with van der Waals surface area (Å²) >= 11 is 0. The summed E-state index contributed by atoms with van der Waals surface area (Å²) in [4.78, 5) is 0.184. The number of hydrogen-bond acceptors (Lipinski definition) is 5. The molecule has 6 nitrogen and oxygen atoms in total. The molecular weight excluding hydrogens is 326 g/mol. The van der Waals surface area contributed by atoms with Crippen LogP contribution in [0.15, 0.2) is 73.4 Å². The van der Waals surface area contributed by atoms with Gasteiger partial charge in [0.05, 0.1) is 0 Å². The van der Waals surface area contributed by atoms with Crippen LogP contribution in [0.4, 0.5) is 0 Å². The number of furan rings is 1. The van der Waals surface area contributed by atoms with Crippen molar-refractivity contribution < 1.29 is 12.8 Å². The Hall–Kier alpha value is -2.93. The lowest BCUT2D eigenvalue weighted by Crippen LogP contribution is -2.18. The molecule has 2 heterocycles. The molecule has 0 atom stereocenters. The van der Waals surface area contributed by atoms with Gasteiger partial charge in [-0.3, -0.25) is 5.43 Å². The van der Waals surface area contributed by atoms with Crippen LogP contribution in [0.3, 0.4) is 0 Å². The predicted octanol–water partition coefficient (Wildman–Crippen LogP) is 2.90. The second-order valence-electron chi connectivity index (χ2n) is 5.37. The molecule has 2 aromatic carbocycles. The van der Waals surface area contributed by atoms with Crippen molar-refractivity contribution in [2.75, 3.05) is 0 Å². The van der Waals surface area contributed by atoms with Crippen LogP contribution >= 0.6 is 0 Å². The van der Waals surface area contributed by atoms with Crippen LogP contribution in [-0.4, -0.2) is 20.0 Å². The van der Waals surface area contributed by atoms with Gasteiger partial charge in [0.2, 0.25) is 0 Å². The summed E-state index contributed by atoms with van der Waals surface area (Å²) in [7, 11) is -3.66. The fourth-order valence-corrected chi connectivity index (χ4v) is 3.71. The third-order valence-electron chi connectivity index (χ3n) is 3.74. The van der Waals surface area contributed by atoms with E-state index in [-0.39, 0.29) is 10.7 Å². The summed E-state index contributed by atoms with van der Waals surface area (Å²) in [5.41, 5.74) is 4.61. The number of sulfonamides is 1.